The Labute approximate surface area is 107 Å². The molecule has 0 aliphatic rings. The van der Waals surface area contributed by atoms with Crippen molar-refractivity contribution in [1.82, 2.24) is 9.78 Å². The number of aromatic nitrogens is 2. The van der Waals surface area contributed by atoms with Gasteiger partial charge in [0.2, 0.25) is 0 Å². The lowest BCUT2D eigenvalue weighted by Gasteiger charge is -2.04. The summed E-state index contributed by atoms with van der Waals surface area (Å²) in [4.78, 5) is 11.3. The average Bonchev–Trinajstić information content (AvgIpc) is 2.82. The second-order valence-corrected chi connectivity index (χ2v) is 4.14. The van der Waals surface area contributed by atoms with Crippen LogP contribution in [0.4, 0.5) is 0 Å². The van der Waals surface area contributed by atoms with E-state index in [9.17, 15) is 4.79 Å². The van der Waals surface area contributed by atoms with Crippen LogP contribution >= 0.6 is 0 Å². The lowest BCUT2D eigenvalue weighted by atomic mass is 10.2. The maximum atomic E-state index is 11.3. The third-order valence-corrected chi connectivity index (χ3v) is 2.52. The number of hydrogen-bond acceptors (Lipinski definition) is 4. The standard InChI is InChI=1S/C13H20N2O3/c1-5-11(13(16)17-4)6-7-18-12-8-14-15(9-12)10(2)3/h6,8-10H,5,7H2,1-4H3. The summed E-state index contributed by atoms with van der Waals surface area (Å²) in [6.45, 7) is 6.33. The predicted octanol–water partition coefficient (Wildman–Crippen LogP) is 2.35. The maximum absolute atomic E-state index is 11.3. The van der Waals surface area contributed by atoms with Crippen molar-refractivity contribution >= 4 is 5.97 Å². The number of rotatable bonds is 6. The summed E-state index contributed by atoms with van der Waals surface area (Å²) in [6.07, 6.45) is 5.86. The average molecular weight is 252 g/mol. The zero-order chi connectivity index (χ0) is 13.5. The van der Waals surface area contributed by atoms with Gasteiger partial charge in [-0.05, 0) is 26.3 Å². The third-order valence-electron chi connectivity index (χ3n) is 2.52. The predicted molar refractivity (Wildman–Crippen MR) is 68.5 cm³/mol. The van der Waals surface area contributed by atoms with Crippen LogP contribution in [-0.2, 0) is 9.53 Å². The van der Waals surface area contributed by atoms with Crippen LogP contribution in [0.2, 0.25) is 0 Å². The van der Waals surface area contributed by atoms with Gasteiger partial charge in [-0.1, -0.05) is 6.92 Å². The quantitative estimate of drug-likeness (QED) is 0.576. The first-order valence-corrected chi connectivity index (χ1v) is 6.02. The number of carbonyl (C=O) groups excluding carboxylic acids is 1. The second kappa shape index (κ2) is 6.83. The van der Waals surface area contributed by atoms with E-state index < -0.39 is 0 Å². The van der Waals surface area contributed by atoms with Crippen molar-refractivity contribution in [1.29, 1.82) is 0 Å². The zero-order valence-corrected chi connectivity index (χ0v) is 11.3. The monoisotopic (exact) mass is 252 g/mol. The summed E-state index contributed by atoms with van der Waals surface area (Å²) < 4.78 is 12.0. The molecule has 5 heteroatoms. The molecule has 0 fully saturated rings. The van der Waals surface area contributed by atoms with E-state index in [0.29, 0.717) is 30.4 Å². The first kappa shape index (κ1) is 14.3. The normalized spacial score (nSPS) is 11.7. The van der Waals surface area contributed by atoms with Crippen LogP contribution in [0.5, 0.6) is 5.75 Å². The molecule has 0 unspecified atom stereocenters. The Kier molecular flexibility index (Phi) is 5.42. The van der Waals surface area contributed by atoms with E-state index in [0.717, 1.165) is 0 Å². The summed E-state index contributed by atoms with van der Waals surface area (Å²) in [6, 6.07) is 0.305. The summed E-state index contributed by atoms with van der Waals surface area (Å²) in [5.41, 5.74) is 0.619. The summed E-state index contributed by atoms with van der Waals surface area (Å²) in [5, 5.41) is 4.16. The Morgan fingerprint density at radius 2 is 2.28 bits per heavy atom. The van der Waals surface area contributed by atoms with Gasteiger partial charge in [-0.2, -0.15) is 5.10 Å². The lowest BCUT2D eigenvalue weighted by molar-refractivity contribution is -0.136. The fraction of sp³-hybridized carbons (Fsp3) is 0.538. The Balaban J connectivity index is 2.53. The minimum Gasteiger partial charge on any atom is -0.486 e. The fourth-order valence-electron chi connectivity index (χ4n) is 1.42. The Morgan fingerprint density at radius 3 is 2.78 bits per heavy atom. The molecule has 0 radical (unpaired) electrons. The van der Waals surface area contributed by atoms with Gasteiger partial charge in [-0.25, -0.2) is 4.79 Å². The van der Waals surface area contributed by atoms with Crippen LogP contribution < -0.4 is 4.74 Å². The van der Waals surface area contributed by atoms with Crippen molar-refractivity contribution in [2.45, 2.75) is 33.2 Å². The van der Waals surface area contributed by atoms with Crippen LogP contribution in [0.1, 0.15) is 33.2 Å². The molecule has 5 nitrogen and oxygen atoms in total. The van der Waals surface area contributed by atoms with E-state index in [1.807, 2.05) is 31.6 Å². The van der Waals surface area contributed by atoms with Crippen molar-refractivity contribution in [3.63, 3.8) is 0 Å². The number of esters is 1. The molecular weight excluding hydrogens is 232 g/mol. The topological polar surface area (TPSA) is 53.4 Å². The number of hydrogen-bond donors (Lipinski definition) is 0. The molecule has 0 spiro atoms. The van der Waals surface area contributed by atoms with Gasteiger partial charge < -0.3 is 9.47 Å². The van der Waals surface area contributed by atoms with Gasteiger partial charge in [0.15, 0.2) is 5.75 Å². The van der Waals surface area contributed by atoms with Gasteiger partial charge in [-0.3, -0.25) is 4.68 Å². The van der Waals surface area contributed by atoms with Crippen molar-refractivity contribution in [2.24, 2.45) is 0 Å². The van der Waals surface area contributed by atoms with Crippen LogP contribution in [0.15, 0.2) is 24.0 Å². The molecule has 0 aromatic carbocycles. The molecule has 0 saturated heterocycles. The fourth-order valence-corrected chi connectivity index (χ4v) is 1.42. The van der Waals surface area contributed by atoms with Crippen LogP contribution in [0, 0.1) is 0 Å². The smallest absolute Gasteiger partial charge is 0.333 e. The third kappa shape index (κ3) is 3.91. The number of carbonyl (C=O) groups is 1. The Hall–Kier alpha value is -1.78. The van der Waals surface area contributed by atoms with Gasteiger partial charge in [0.25, 0.3) is 0 Å². The Morgan fingerprint density at radius 1 is 1.56 bits per heavy atom. The van der Waals surface area contributed by atoms with Gasteiger partial charge >= 0.3 is 5.97 Å². The van der Waals surface area contributed by atoms with Crippen molar-refractivity contribution in [3.05, 3.63) is 24.0 Å². The van der Waals surface area contributed by atoms with E-state index >= 15 is 0 Å². The minimum atomic E-state index is -0.307. The minimum absolute atomic E-state index is 0.305. The molecule has 1 heterocycles. The molecule has 0 atom stereocenters. The van der Waals surface area contributed by atoms with Gasteiger partial charge in [-0.15, -0.1) is 0 Å². The highest BCUT2D eigenvalue weighted by molar-refractivity contribution is 5.88. The van der Waals surface area contributed by atoms with E-state index in [1.54, 1.807) is 12.3 Å². The molecule has 1 rings (SSSR count). The highest BCUT2D eigenvalue weighted by atomic mass is 16.5. The van der Waals surface area contributed by atoms with Crippen LogP contribution in [0.25, 0.3) is 0 Å². The molecule has 0 aliphatic carbocycles. The van der Waals surface area contributed by atoms with Crippen LogP contribution in [0.3, 0.4) is 0 Å². The van der Waals surface area contributed by atoms with Crippen molar-refractivity contribution < 1.29 is 14.3 Å². The zero-order valence-electron chi connectivity index (χ0n) is 11.3. The van der Waals surface area contributed by atoms with E-state index in [-0.39, 0.29) is 5.97 Å². The molecular formula is C13H20N2O3. The first-order valence-electron chi connectivity index (χ1n) is 6.02. The molecule has 0 bridgehead atoms. The second-order valence-electron chi connectivity index (χ2n) is 4.14. The summed E-state index contributed by atoms with van der Waals surface area (Å²) in [5.74, 6) is 0.388. The highest BCUT2D eigenvalue weighted by Gasteiger charge is 2.06. The number of methoxy groups -OCH3 is 1. The molecule has 1 aromatic heterocycles. The molecule has 0 N–H and O–H groups in total. The molecule has 0 saturated carbocycles. The van der Waals surface area contributed by atoms with E-state index in [2.05, 4.69) is 9.84 Å². The first-order chi connectivity index (χ1) is 8.58. The Bertz CT molecular complexity index is 422. The lowest BCUT2D eigenvalue weighted by Crippen LogP contribution is -2.06. The van der Waals surface area contributed by atoms with Gasteiger partial charge in [0.1, 0.15) is 6.61 Å². The highest BCUT2D eigenvalue weighted by Crippen LogP contribution is 2.12. The van der Waals surface area contributed by atoms with Crippen LogP contribution in [-0.4, -0.2) is 29.5 Å². The summed E-state index contributed by atoms with van der Waals surface area (Å²) >= 11 is 0. The van der Waals surface area contributed by atoms with E-state index in [1.165, 1.54) is 7.11 Å². The molecule has 0 aliphatic heterocycles. The SMILES string of the molecule is CCC(=CCOc1cnn(C(C)C)c1)C(=O)OC. The van der Waals surface area contributed by atoms with Crippen molar-refractivity contribution in [3.8, 4) is 5.75 Å². The summed E-state index contributed by atoms with van der Waals surface area (Å²) in [7, 11) is 1.37. The molecule has 100 valence electrons. The van der Waals surface area contributed by atoms with Gasteiger partial charge in [0.05, 0.1) is 19.5 Å². The molecule has 0 amide bonds. The number of nitrogens with zero attached hydrogens (tertiary/aromatic N) is 2. The maximum Gasteiger partial charge on any atom is 0.333 e. The molecule has 1 aromatic rings. The molecule has 18 heavy (non-hydrogen) atoms. The van der Waals surface area contributed by atoms with E-state index in [4.69, 9.17) is 4.74 Å². The largest absolute Gasteiger partial charge is 0.486 e. The van der Waals surface area contributed by atoms with Gasteiger partial charge in [0, 0.05) is 11.6 Å². The number of ether oxygens (including phenoxy) is 2. The van der Waals surface area contributed by atoms with Crippen molar-refractivity contribution in [2.75, 3.05) is 13.7 Å².